The SMILES string of the molecule is Cc1cc(C)c(C(=O)C(F)(F)[C@H](O)c2ccccc2)c(C)c1. The van der Waals surface area contributed by atoms with Gasteiger partial charge in [-0.25, -0.2) is 0 Å². The van der Waals surface area contributed by atoms with Gasteiger partial charge in [0.05, 0.1) is 0 Å². The zero-order chi connectivity index (χ0) is 16.5. The van der Waals surface area contributed by atoms with Crippen LogP contribution in [0.15, 0.2) is 42.5 Å². The Morgan fingerprint density at radius 2 is 1.55 bits per heavy atom. The van der Waals surface area contributed by atoms with Crippen molar-refractivity contribution in [2.24, 2.45) is 0 Å². The molecule has 2 aromatic carbocycles. The van der Waals surface area contributed by atoms with Gasteiger partial charge in [-0.15, -0.1) is 0 Å². The molecule has 0 aliphatic carbocycles. The molecule has 0 amide bonds. The van der Waals surface area contributed by atoms with Crippen LogP contribution in [0, 0.1) is 20.8 Å². The molecule has 2 rings (SSSR count). The molecule has 2 nitrogen and oxygen atoms in total. The Bertz CT molecular complexity index is 670. The normalized spacial score (nSPS) is 13.0. The standard InChI is InChI=1S/C18H18F2O2/c1-11-9-12(2)15(13(3)10-11)17(22)18(19,20)16(21)14-7-5-4-6-8-14/h4-10,16,21H,1-3H3/t16-/m1/s1. The highest BCUT2D eigenvalue weighted by atomic mass is 19.3. The molecule has 1 N–H and O–H groups in total. The molecule has 0 unspecified atom stereocenters. The Balaban J connectivity index is 2.44. The highest BCUT2D eigenvalue weighted by Gasteiger charge is 2.48. The van der Waals surface area contributed by atoms with Gasteiger partial charge in [0.1, 0.15) is 0 Å². The number of aliphatic hydroxyl groups is 1. The smallest absolute Gasteiger partial charge is 0.339 e. The number of carbonyl (C=O) groups is 1. The summed E-state index contributed by atoms with van der Waals surface area (Å²) in [5.41, 5.74) is 1.87. The number of halogens is 2. The molecule has 4 heteroatoms. The van der Waals surface area contributed by atoms with Crippen molar-refractivity contribution in [3.63, 3.8) is 0 Å². The number of hydrogen-bond acceptors (Lipinski definition) is 2. The van der Waals surface area contributed by atoms with Crippen molar-refractivity contribution in [3.05, 3.63) is 70.3 Å². The maximum absolute atomic E-state index is 14.4. The van der Waals surface area contributed by atoms with E-state index in [2.05, 4.69) is 0 Å². The number of Topliss-reactive ketones (excluding diaryl/α,β-unsaturated/α-hetero) is 1. The van der Waals surface area contributed by atoms with Gasteiger partial charge in [-0.3, -0.25) is 4.79 Å². The third-order valence-electron chi connectivity index (χ3n) is 3.67. The summed E-state index contributed by atoms with van der Waals surface area (Å²) in [6.45, 7) is 5.08. The van der Waals surface area contributed by atoms with Crippen LogP contribution in [-0.2, 0) is 0 Å². The first kappa shape index (κ1) is 16.3. The van der Waals surface area contributed by atoms with Crippen molar-refractivity contribution in [1.82, 2.24) is 0 Å². The molecule has 116 valence electrons. The number of carbonyl (C=O) groups excluding carboxylic acids is 1. The summed E-state index contributed by atoms with van der Waals surface area (Å²) >= 11 is 0. The molecular formula is C18H18F2O2. The largest absolute Gasteiger partial charge is 0.382 e. The van der Waals surface area contributed by atoms with Crippen molar-refractivity contribution in [2.75, 3.05) is 0 Å². The van der Waals surface area contributed by atoms with E-state index in [-0.39, 0.29) is 11.1 Å². The predicted molar refractivity (Wildman–Crippen MR) is 81.3 cm³/mol. The van der Waals surface area contributed by atoms with Crippen molar-refractivity contribution >= 4 is 5.78 Å². The van der Waals surface area contributed by atoms with Crippen LogP contribution in [0.25, 0.3) is 0 Å². The summed E-state index contributed by atoms with van der Waals surface area (Å²) in [6, 6.07) is 10.9. The molecule has 0 aliphatic heterocycles. The monoisotopic (exact) mass is 304 g/mol. The van der Waals surface area contributed by atoms with Gasteiger partial charge in [0.2, 0.25) is 5.78 Å². The number of rotatable bonds is 4. The summed E-state index contributed by atoms with van der Waals surface area (Å²) in [5, 5.41) is 9.95. The van der Waals surface area contributed by atoms with Crippen LogP contribution >= 0.6 is 0 Å². The Morgan fingerprint density at radius 3 is 2.05 bits per heavy atom. The van der Waals surface area contributed by atoms with E-state index in [1.807, 2.05) is 6.92 Å². The van der Waals surface area contributed by atoms with Crippen LogP contribution in [0.1, 0.15) is 38.7 Å². The highest BCUT2D eigenvalue weighted by Crippen LogP contribution is 2.36. The average molecular weight is 304 g/mol. The summed E-state index contributed by atoms with van der Waals surface area (Å²) in [6.07, 6.45) is -2.17. The molecule has 0 saturated heterocycles. The first-order valence-electron chi connectivity index (χ1n) is 6.98. The molecule has 0 bridgehead atoms. The first-order chi connectivity index (χ1) is 10.2. The first-order valence-corrected chi connectivity index (χ1v) is 6.98. The van der Waals surface area contributed by atoms with Gasteiger partial charge in [0.25, 0.3) is 0 Å². The Kier molecular flexibility index (Phi) is 4.42. The van der Waals surface area contributed by atoms with Gasteiger partial charge in [0, 0.05) is 5.56 Å². The van der Waals surface area contributed by atoms with E-state index in [4.69, 9.17) is 0 Å². The number of ketones is 1. The molecule has 0 saturated carbocycles. The second kappa shape index (κ2) is 5.97. The summed E-state index contributed by atoms with van der Waals surface area (Å²) in [5.74, 6) is -5.23. The number of aryl methyl sites for hydroxylation is 3. The molecule has 0 aromatic heterocycles. The van der Waals surface area contributed by atoms with Gasteiger partial charge < -0.3 is 5.11 Å². The zero-order valence-corrected chi connectivity index (χ0v) is 12.7. The fourth-order valence-corrected chi connectivity index (χ4v) is 2.67. The van der Waals surface area contributed by atoms with Crippen LogP contribution in [0.2, 0.25) is 0 Å². The maximum Gasteiger partial charge on any atom is 0.339 e. The third kappa shape index (κ3) is 2.92. The lowest BCUT2D eigenvalue weighted by atomic mass is 9.90. The van der Waals surface area contributed by atoms with Crippen molar-refractivity contribution in [1.29, 1.82) is 0 Å². The molecule has 0 aliphatic rings. The van der Waals surface area contributed by atoms with Crippen LogP contribution in [0.5, 0.6) is 0 Å². The van der Waals surface area contributed by atoms with Gasteiger partial charge in [-0.2, -0.15) is 8.78 Å². The minimum Gasteiger partial charge on any atom is -0.382 e. The van der Waals surface area contributed by atoms with E-state index >= 15 is 0 Å². The molecular weight excluding hydrogens is 286 g/mol. The van der Waals surface area contributed by atoms with Crippen LogP contribution in [0.4, 0.5) is 8.78 Å². The third-order valence-corrected chi connectivity index (χ3v) is 3.67. The number of hydrogen-bond donors (Lipinski definition) is 1. The van der Waals surface area contributed by atoms with Crippen LogP contribution in [-0.4, -0.2) is 16.8 Å². The molecule has 0 spiro atoms. The minimum atomic E-state index is -3.88. The van der Waals surface area contributed by atoms with Gasteiger partial charge in [0.15, 0.2) is 6.10 Å². The Hall–Kier alpha value is -2.07. The maximum atomic E-state index is 14.4. The predicted octanol–water partition coefficient (Wildman–Crippen LogP) is 4.16. The molecule has 0 heterocycles. The second-order valence-electron chi connectivity index (χ2n) is 5.54. The lowest BCUT2D eigenvalue weighted by Gasteiger charge is -2.23. The Morgan fingerprint density at radius 1 is 1.05 bits per heavy atom. The van der Waals surface area contributed by atoms with E-state index in [0.29, 0.717) is 11.1 Å². The van der Waals surface area contributed by atoms with E-state index in [0.717, 1.165) is 5.56 Å². The van der Waals surface area contributed by atoms with E-state index < -0.39 is 17.8 Å². The lowest BCUT2D eigenvalue weighted by molar-refractivity contribution is -0.0793. The minimum absolute atomic E-state index is 0.0169. The van der Waals surface area contributed by atoms with E-state index in [1.54, 1.807) is 44.2 Å². The quantitative estimate of drug-likeness (QED) is 0.861. The Labute approximate surface area is 128 Å². The van der Waals surface area contributed by atoms with Crippen molar-refractivity contribution < 1.29 is 18.7 Å². The summed E-state index contributed by atoms with van der Waals surface area (Å²) in [7, 11) is 0. The molecule has 0 radical (unpaired) electrons. The summed E-state index contributed by atoms with van der Waals surface area (Å²) < 4.78 is 28.9. The number of benzene rings is 2. The molecule has 1 atom stereocenters. The average Bonchev–Trinajstić information content (AvgIpc) is 2.46. The van der Waals surface area contributed by atoms with Gasteiger partial charge in [-0.05, 0) is 37.5 Å². The molecule has 22 heavy (non-hydrogen) atoms. The summed E-state index contributed by atoms with van der Waals surface area (Å²) in [4.78, 5) is 12.3. The van der Waals surface area contributed by atoms with Gasteiger partial charge >= 0.3 is 5.92 Å². The van der Waals surface area contributed by atoms with E-state index in [1.165, 1.54) is 12.1 Å². The number of aliphatic hydroxyl groups excluding tert-OH is 1. The van der Waals surface area contributed by atoms with Crippen molar-refractivity contribution in [3.8, 4) is 0 Å². The van der Waals surface area contributed by atoms with E-state index in [9.17, 15) is 18.7 Å². The lowest BCUT2D eigenvalue weighted by Crippen LogP contribution is -2.36. The second-order valence-corrected chi connectivity index (χ2v) is 5.54. The highest BCUT2D eigenvalue weighted by molar-refractivity contribution is 6.04. The van der Waals surface area contributed by atoms with Gasteiger partial charge in [-0.1, -0.05) is 48.0 Å². The molecule has 0 fully saturated rings. The fraction of sp³-hybridized carbons (Fsp3) is 0.278. The number of alkyl halides is 2. The van der Waals surface area contributed by atoms with Crippen molar-refractivity contribution in [2.45, 2.75) is 32.8 Å². The van der Waals surface area contributed by atoms with Crippen LogP contribution < -0.4 is 0 Å². The zero-order valence-electron chi connectivity index (χ0n) is 12.7. The topological polar surface area (TPSA) is 37.3 Å². The molecule has 2 aromatic rings. The van der Waals surface area contributed by atoms with Crippen LogP contribution in [0.3, 0.4) is 0 Å². The fourth-order valence-electron chi connectivity index (χ4n) is 2.67.